The monoisotopic (exact) mass is 421 g/mol. The molecule has 4 rings (SSSR count). The van der Waals surface area contributed by atoms with Gasteiger partial charge in [-0.3, -0.25) is 4.98 Å². The van der Waals surface area contributed by atoms with Crippen molar-refractivity contribution >= 4 is 15.5 Å². The third-order valence-corrected chi connectivity index (χ3v) is 6.68. The molecule has 0 aromatic carbocycles. The van der Waals surface area contributed by atoms with Crippen LogP contribution >= 0.6 is 0 Å². The summed E-state index contributed by atoms with van der Waals surface area (Å²) in [5, 5.41) is 12.8. The van der Waals surface area contributed by atoms with E-state index < -0.39 is 27.1 Å². The SMILES string of the molecule is CCS(=O)(=O)c1cc(C2(C#N)CC2)cnc1-c1ccn2nc(C(F)(F)F)cc2n1. The number of halogens is 3. The molecule has 7 nitrogen and oxygen atoms in total. The van der Waals surface area contributed by atoms with E-state index in [1.807, 2.05) is 0 Å². The van der Waals surface area contributed by atoms with Crippen molar-refractivity contribution in [3.05, 3.63) is 41.9 Å². The Labute approximate surface area is 163 Å². The van der Waals surface area contributed by atoms with Crippen LogP contribution in [-0.4, -0.2) is 33.8 Å². The topological polar surface area (TPSA) is 101 Å². The van der Waals surface area contributed by atoms with Gasteiger partial charge in [0.1, 0.15) is 5.69 Å². The lowest BCUT2D eigenvalue weighted by Gasteiger charge is -2.13. The van der Waals surface area contributed by atoms with Crippen LogP contribution in [0.4, 0.5) is 13.2 Å². The van der Waals surface area contributed by atoms with Gasteiger partial charge in [0.05, 0.1) is 27.8 Å². The van der Waals surface area contributed by atoms with Gasteiger partial charge in [-0.05, 0) is 30.5 Å². The van der Waals surface area contributed by atoms with E-state index in [2.05, 4.69) is 21.1 Å². The lowest BCUT2D eigenvalue weighted by molar-refractivity contribution is -0.141. The number of sulfone groups is 1. The van der Waals surface area contributed by atoms with Gasteiger partial charge in [0.2, 0.25) is 0 Å². The Bertz CT molecular complexity index is 1270. The molecule has 0 amide bonds. The number of pyridine rings is 1. The Hall–Kier alpha value is -3.00. The fourth-order valence-corrected chi connectivity index (χ4v) is 4.10. The summed E-state index contributed by atoms with van der Waals surface area (Å²) in [5.41, 5.74) is -1.27. The van der Waals surface area contributed by atoms with Crippen molar-refractivity contribution in [2.45, 2.75) is 36.3 Å². The molecule has 1 fully saturated rings. The normalized spacial score (nSPS) is 16.0. The highest BCUT2D eigenvalue weighted by atomic mass is 32.2. The predicted molar refractivity (Wildman–Crippen MR) is 95.5 cm³/mol. The molecule has 3 heterocycles. The van der Waals surface area contributed by atoms with E-state index in [4.69, 9.17) is 0 Å². The molecular weight excluding hydrogens is 407 g/mol. The molecule has 3 aromatic rings. The van der Waals surface area contributed by atoms with Gasteiger partial charge < -0.3 is 0 Å². The molecule has 11 heteroatoms. The predicted octanol–water partition coefficient (Wildman–Crippen LogP) is 3.16. The van der Waals surface area contributed by atoms with Crippen LogP contribution in [0.15, 0.2) is 35.5 Å². The molecule has 0 atom stereocenters. The molecule has 0 bridgehead atoms. The van der Waals surface area contributed by atoms with Gasteiger partial charge in [-0.1, -0.05) is 6.92 Å². The average Bonchev–Trinajstić information content (AvgIpc) is 3.37. The lowest BCUT2D eigenvalue weighted by atomic mass is 9.99. The number of hydrogen-bond acceptors (Lipinski definition) is 6. The second kappa shape index (κ2) is 6.25. The highest BCUT2D eigenvalue weighted by Gasteiger charge is 2.46. The minimum absolute atomic E-state index is 0.0293. The van der Waals surface area contributed by atoms with Crippen LogP contribution < -0.4 is 0 Å². The summed E-state index contributed by atoms with van der Waals surface area (Å²) in [5.74, 6) is -0.197. The van der Waals surface area contributed by atoms with Gasteiger partial charge in [-0.25, -0.2) is 17.9 Å². The second-order valence-corrected chi connectivity index (χ2v) is 9.06. The van der Waals surface area contributed by atoms with E-state index in [0.717, 1.165) is 10.6 Å². The van der Waals surface area contributed by atoms with E-state index in [-0.39, 0.29) is 27.7 Å². The summed E-state index contributed by atoms with van der Waals surface area (Å²) in [6.45, 7) is 1.48. The van der Waals surface area contributed by atoms with E-state index in [1.54, 1.807) is 0 Å². The van der Waals surface area contributed by atoms with Crippen molar-refractivity contribution in [1.29, 1.82) is 5.26 Å². The molecule has 1 aliphatic rings. The Morgan fingerprint density at radius 2 is 2.03 bits per heavy atom. The van der Waals surface area contributed by atoms with Crippen LogP contribution in [-0.2, 0) is 21.4 Å². The van der Waals surface area contributed by atoms with Crippen LogP contribution in [0.2, 0.25) is 0 Å². The zero-order valence-corrected chi connectivity index (χ0v) is 15.9. The first kappa shape index (κ1) is 19.3. The van der Waals surface area contributed by atoms with Crippen LogP contribution in [0.5, 0.6) is 0 Å². The summed E-state index contributed by atoms with van der Waals surface area (Å²) in [4.78, 5) is 8.27. The van der Waals surface area contributed by atoms with Gasteiger partial charge in [-0.2, -0.15) is 23.5 Å². The number of nitriles is 1. The molecule has 0 radical (unpaired) electrons. The maximum atomic E-state index is 12.9. The Balaban J connectivity index is 1.89. The zero-order chi connectivity index (χ0) is 21.0. The fraction of sp³-hybridized carbons (Fsp3) is 0.333. The number of nitrogens with zero attached hydrogens (tertiary/aromatic N) is 5. The largest absolute Gasteiger partial charge is 0.435 e. The van der Waals surface area contributed by atoms with Crippen molar-refractivity contribution in [2.24, 2.45) is 0 Å². The number of alkyl halides is 3. The minimum Gasteiger partial charge on any atom is -0.253 e. The molecule has 3 aromatic heterocycles. The lowest BCUT2D eigenvalue weighted by Crippen LogP contribution is -2.11. The second-order valence-electron chi connectivity index (χ2n) is 6.81. The number of rotatable bonds is 4. The summed E-state index contributed by atoms with van der Waals surface area (Å²) in [6.07, 6.45) is -0.681. The van der Waals surface area contributed by atoms with Gasteiger partial charge in [0.25, 0.3) is 0 Å². The van der Waals surface area contributed by atoms with Gasteiger partial charge in [-0.15, -0.1) is 0 Å². The highest BCUT2D eigenvalue weighted by molar-refractivity contribution is 7.91. The molecule has 0 aliphatic heterocycles. The quantitative estimate of drug-likeness (QED) is 0.641. The first-order chi connectivity index (χ1) is 13.6. The van der Waals surface area contributed by atoms with E-state index in [0.29, 0.717) is 18.4 Å². The maximum Gasteiger partial charge on any atom is 0.435 e. The molecule has 1 aliphatic carbocycles. The van der Waals surface area contributed by atoms with Crippen molar-refractivity contribution < 1.29 is 21.6 Å². The third-order valence-electron chi connectivity index (χ3n) is 4.94. The standard InChI is InChI=1S/C18H14F3N5O2S/c1-2-29(27,28)13-7-11(17(10-22)4-5-17)9-23-16(13)12-3-6-26-15(24-12)8-14(25-26)18(19,20)21/h3,6-9H,2,4-5H2,1H3. The molecule has 0 saturated heterocycles. The first-order valence-electron chi connectivity index (χ1n) is 8.68. The van der Waals surface area contributed by atoms with Crippen molar-refractivity contribution in [1.82, 2.24) is 19.6 Å². The number of hydrogen-bond donors (Lipinski definition) is 0. The average molecular weight is 421 g/mol. The molecule has 0 unspecified atom stereocenters. The first-order valence-corrected chi connectivity index (χ1v) is 10.3. The third kappa shape index (κ3) is 3.23. The highest BCUT2D eigenvalue weighted by Crippen LogP contribution is 2.48. The fourth-order valence-electron chi connectivity index (χ4n) is 3.03. The van der Waals surface area contributed by atoms with Crippen molar-refractivity contribution in [3.63, 3.8) is 0 Å². The summed E-state index contributed by atoms with van der Waals surface area (Å²) in [7, 11) is -3.73. The Morgan fingerprint density at radius 1 is 1.31 bits per heavy atom. The molecule has 150 valence electrons. The van der Waals surface area contributed by atoms with Gasteiger partial charge in [0.15, 0.2) is 21.2 Å². The maximum absolute atomic E-state index is 12.9. The van der Waals surface area contributed by atoms with E-state index in [9.17, 15) is 26.9 Å². The molecular formula is C18H14F3N5O2S. The Kier molecular flexibility index (Phi) is 4.16. The van der Waals surface area contributed by atoms with E-state index >= 15 is 0 Å². The van der Waals surface area contributed by atoms with E-state index in [1.165, 1.54) is 31.5 Å². The minimum atomic E-state index is -4.62. The van der Waals surface area contributed by atoms with Crippen LogP contribution in [0.3, 0.4) is 0 Å². The van der Waals surface area contributed by atoms with Crippen LogP contribution in [0.1, 0.15) is 31.0 Å². The van der Waals surface area contributed by atoms with Gasteiger partial charge in [0, 0.05) is 18.5 Å². The van der Waals surface area contributed by atoms with Gasteiger partial charge >= 0.3 is 6.18 Å². The smallest absolute Gasteiger partial charge is 0.253 e. The molecule has 1 saturated carbocycles. The van der Waals surface area contributed by atoms with Crippen LogP contribution in [0.25, 0.3) is 17.0 Å². The summed E-state index contributed by atoms with van der Waals surface area (Å²) < 4.78 is 65.0. The summed E-state index contributed by atoms with van der Waals surface area (Å²) >= 11 is 0. The molecule has 0 N–H and O–H groups in total. The molecule has 29 heavy (non-hydrogen) atoms. The molecule has 0 spiro atoms. The summed E-state index contributed by atoms with van der Waals surface area (Å²) in [6, 6.07) is 5.76. The van der Waals surface area contributed by atoms with Crippen molar-refractivity contribution in [3.8, 4) is 17.5 Å². The Morgan fingerprint density at radius 3 is 2.62 bits per heavy atom. The number of aromatic nitrogens is 4. The van der Waals surface area contributed by atoms with Crippen molar-refractivity contribution in [2.75, 3.05) is 5.75 Å². The zero-order valence-electron chi connectivity index (χ0n) is 15.1. The number of fused-ring (bicyclic) bond motifs is 1. The van der Waals surface area contributed by atoms with Crippen LogP contribution in [0, 0.1) is 11.3 Å².